The third-order valence-electron chi connectivity index (χ3n) is 2.19. The Bertz CT molecular complexity index is 468. The lowest BCUT2D eigenvalue weighted by Gasteiger charge is -2.04. The van der Waals surface area contributed by atoms with Crippen molar-refractivity contribution in [1.82, 2.24) is 4.98 Å². The van der Waals surface area contributed by atoms with Crippen LogP contribution < -0.4 is 5.32 Å². The zero-order valence-electron chi connectivity index (χ0n) is 8.68. The minimum atomic E-state index is 0.467. The van der Waals surface area contributed by atoms with E-state index < -0.39 is 0 Å². The lowest BCUT2D eigenvalue weighted by molar-refractivity contribution is 1.17. The third kappa shape index (κ3) is 2.81. The molecule has 80 valence electrons. The summed E-state index contributed by atoms with van der Waals surface area (Å²) in [5.41, 5.74) is 3.94. The van der Waals surface area contributed by atoms with Gasteiger partial charge in [0.2, 0.25) is 0 Å². The van der Waals surface area contributed by atoms with Crippen LogP contribution in [0, 0.1) is 11.3 Å². The van der Waals surface area contributed by atoms with E-state index in [0.717, 1.165) is 17.8 Å². The Morgan fingerprint density at radius 3 is 2.75 bits per heavy atom. The smallest absolute Gasteiger partial charge is 0.0794 e. The van der Waals surface area contributed by atoms with E-state index in [1.54, 1.807) is 11.3 Å². The van der Waals surface area contributed by atoms with Gasteiger partial charge in [-0.1, -0.05) is 12.1 Å². The Hall–Kier alpha value is -1.86. The molecule has 0 aliphatic rings. The van der Waals surface area contributed by atoms with Gasteiger partial charge >= 0.3 is 0 Å². The first-order chi connectivity index (χ1) is 7.88. The largest absolute Gasteiger partial charge is 0.380 e. The van der Waals surface area contributed by atoms with Crippen LogP contribution in [0.1, 0.15) is 10.4 Å². The Balaban J connectivity index is 1.93. The van der Waals surface area contributed by atoms with Crippen LogP contribution in [0.15, 0.2) is 36.0 Å². The molecule has 0 aliphatic heterocycles. The minimum Gasteiger partial charge on any atom is -0.380 e. The first kappa shape index (κ1) is 10.7. The van der Waals surface area contributed by atoms with Gasteiger partial charge in [0.05, 0.1) is 24.5 Å². The van der Waals surface area contributed by atoms with Crippen LogP contribution in [0.5, 0.6) is 0 Å². The molecule has 1 aromatic carbocycles. The monoisotopic (exact) mass is 229 g/mol. The Kier molecular flexibility index (Phi) is 3.52. The molecule has 0 atom stereocenters. The van der Waals surface area contributed by atoms with Gasteiger partial charge in [-0.25, -0.2) is 0 Å². The van der Waals surface area contributed by atoms with E-state index in [4.69, 9.17) is 5.26 Å². The normalized spacial score (nSPS) is 9.69. The molecule has 0 saturated heterocycles. The van der Waals surface area contributed by atoms with Crippen LogP contribution in [-0.4, -0.2) is 4.98 Å². The van der Waals surface area contributed by atoms with Crippen molar-refractivity contribution in [3.63, 3.8) is 0 Å². The lowest BCUT2D eigenvalue weighted by Crippen LogP contribution is -1.97. The molecule has 0 unspecified atom stereocenters. The Morgan fingerprint density at radius 2 is 2.12 bits per heavy atom. The van der Waals surface area contributed by atoms with E-state index in [0.29, 0.717) is 6.42 Å². The van der Waals surface area contributed by atoms with Gasteiger partial charge in [0.1, 0.15) is 0 Å². The second kappa shape index (κ2) is 5.29. The number of nitrogens with one attached hydrogen (secondary N) is 1. The van der Waals surface area contributed by atoms with Crippen molar-refractivity contribution in [3.8, 4) is 6.07 Å². The third-order valence-corrected chi connectivity index (χ3v) is 2.97. The average molecular weight is 229 g/mol. The molecule has 0 bridgehead atoms. The van der Waals surface area contributed by atoms with E-state index >= 15 is 0 Å². The highest BCUT2D eigenvalue weighted by molar-refractivity contribution is 7.09. The van der Waals surface area contributed by atoms with E-state index in [-0.39, 0.29) is 0 Å². The second-order valence-electron chi connectivity index (χ2n) is 3.35. The van der Waals surface area contributed by atoms with E-state index in [9.17, 15) is 0 Å². The molecule has 0 amide bonds. The molecule has 0 radical (unpaired) electrons. The van der Waals surface area contributed by atoms with E-state index in [1.807, 2.05) is 36.0 Å². The predicted octanol–water partition coefficient (Wildman–Crippen LogP) is 2.82. The molecule has 1 N–H and O–H groups in total. The summed E-state index contributed by atoms with van der Waals surface area (Å²) in [6, 6.07) is 10.1. The molecule has 0 spiro atoms. The number of aromatic nitrogens is 1. The van der Waals surface area contributed by atoms with Crippen molar-refractivity contribution < 1.29 is 0 Å². The highest BCUT2D eigenvalue weighted by Gasteiger charge is 1.96. The number of nitriles is 1. The second-order valence-corrected chi connectivity index (χ2v) is 4.32. The molecule has 1 heterocycles. The maximum absolute atomic E-state index is 8.55. The van der Waals surface area contributed by atoms with E-state index in [2.05, 4.69) is 16.4 Å². The van der Waals surface area contributed by atoms with Crippen LogP contribution in [0.3, 0.4) is 0 Å². The summed E-state index contributed by atoms with van der Waals surface area (Å²) < 4.78 is 0. The summed E-state index contributed by atoms with van der Waals surface area (Å²) in [4.78, 5) is 5.22. The van der Waals surface area contributed by atoms with Crippen molar-refractivity contribution in [1.29, 1.82) is 5.26 Å². The fourth-order valence-electron chi connectivity index (χ4n) is 1.35. The van der Waals surface area contributed by atoms with Crippen LogP contribution in [0.4, 0.5) is 5.69 Å². The highest BCUT2D eigenvalue weighted by atomic mass is 32.1. The molecular formula is C12H11N3S. The van der Waals surface area contributed by atoms with Crippen LogP contribution in [0.25, 0.3) is 0 Å². The summed E-state index contributed by atoms with van der Waals surface area (Å²) >= 11 is 1.64. The van der Waals surface area contributed by atoms with Crippen LogP contribution >= 0.6 is 11.3 Å². The topological polar surface area (TPSA) is 48.7 Å². The zero-order chi connectivity index (χ0) is 11.2. The number of anilines is 1. The maximum atomic E-state index is 8.55. The summed E-state index contributed by atoms with van der Waals surface area (Å²) in [6.45, 7) is 0.794. The number of hydrogen-bond acceptors (Lipinski definition) is 4. The average Bonchev–Trinajstić information content (AvgIpc) is 2.82. The number of nitrogens with zero attached hydrogens (tertiary/aromatic N) is 2. The van der Waals surface area contributed by atoms with Crippen LogP contribution in [-0.2, 0) is 13.0 Å². The van der Waals surface area contributed by atoms with Gasteiger partial charge < -0.3 is 5.32 Å². The van der Waals surface area contributed by atoms with Crippen LogP contribution in [0.2, 0.25) is 0 Å². The van der Waals surface area contributed by atoms with Gasteiger partial charge in [0, 0.05) is 16.8 Å². The number of rotatable bonds is 4. The first-order valence-electron chi connectivity index (χ1n) is 4.95. The minimum absolute atomic E-state index is 0.467. The van der Waals surface area contributed by atoms with E-state index in [1.165, 1.54) is 4.88 Å². The summed E-state index contributed by atoms with van der Waals surface area (Å²) in [5.74, 6) is 0. The molecule has 2 aromatic rings. The molecule has 2 rings (SSSR count). The lowest BCUT2D eigenvalue weighted by atomic mass is 10.1. The quantitative estimate of drug-likeness (QED) is 0.877. The number of benzene rings is 1. The van der Waals surface area contributed by atoms with Crippen molar-refractivity contribution in [2.24, 2.45) is 0 Å². The molecule has 3 nitrogen and oxygen atoms in total. The van der Waals surface area contributed by atoms with Gasteiger partial charge in [-0.3, -0.25) is 4.98 Å². The standard InChI is InChI=1S/C12H11N3S/c13-6-5-10-1-3-11(4-2-10)15-8-12-7-14-9-16-12/h1-4,7,9,15H,5,8H2. The van der Waals surface area contributed by atoms with Crippen molar-refractivity contribution >= 4 is 17.0 Å². The predicted molar refractivity (Wildman–Crippen MR) is 65.2 cm³/mol. The Morgan fingerprint density at radius 1 is 1.31 bits per heavy atom. The molecule has 0 aliphatic carbocycles. The zero-order valence-corrected chi connectivity index (χ0v) is 9.50. The molecule has 0 fully saturated rings. The molecule has 0 saturated carbocycles. The Labute approximate surface area is 98.4 Å². The molecule has 16 heavy (non-hydrogen) atoms. The van der Waals surface area contributed by atoms with Gasteiger partial charge in [-0.2, -0.15) is 5.26 Å². The van der Waals surface area contributed by atoms with Crippen molar-refractivity contribution in [2.75, 3.05) is 5.32 Å². The fourth-order valence-corrected chi connectivity index (χ4v) is 1.88. The van der Waals surface area contributed by atoms with Crippen molar-refractivity contribution in [3.05, 3.63) is 46.4 Å². The molecule has 4 heteroatoms. The van der Waals surface area contributed by atoms with Gasteiger partial charge in [-0.05, 0) is 17.7 Å². The number of thiazole rings is 1. The van der Waals surface area contributed by atoms with Gasteiger partial charge in [-0.15, -0.1) is 11.3 Å². The maximum Gasteiger partial charge on any atom is 0.0794 e. The number of hydrogen-bond donors (Lipinski definition) is 1. The fraction of sp³-hybridized carbons (Fsp3) is 0.167. The molecule has 1 aromatic heterocycles. The summed E-state index contributed by atoms with van der Waals surface area (Å²) in [7, 11) is 0. The SMILES string of the molecule is N#CCc1ccc(NCc2cncs2)cc1. The molecular weight excluding hydrogens is 218 g/mol. The van der Waals surface area contributed by atoms with Gasteiger partial charge in [0.15, 0.2) is 0 Å². The van der Waals surface area contributed by atoms with Gasteiger partial charge in [0.25, 0.3) is 0 Å². The summed E-state index contributed by atoms with van der Waals surface area (Å²) in [6.07, 6.45) is 2.33. The van der Waals surface area contributed by atoms with Crippen molar-refractivity contribution in [2.45, 2.75) is 13.0 Å². The highest BCUT2D eigenvalue weighted by Crippen LogP contribution is 2.13. The summed E-state index contributed by atoms with van der Waals surface area (Å²) in [5, 5.41) is 11.9. The first-order valence-corrected chi connectivity index (χ1v) is 5.83.